The van der Waals surface area contributed by atoms with Gasteiger partial charge in [-0.3, -0.25) is 24.7 Å². The van der Waals surface area contributed by atoms with Crippen LogP contribution in [0.2, 0.25) is 0 Å². The number of pyridine rings is 1. The number of rotatable bonds is 5. The SMILES string of the molecule is O=C1C(=O)N(Cc2cccnc2)C(c2ccc(F)cc2)/C1=C(/O)c1ccc([N+](=O)[O-])cc1. The number of hydrogen-bond donors (Lipinski definition) is 1. The topological polar surface area (TPSA) is 114 Å². The molecule has 160 valence electrons. The number of nitro benzene ring substituents is 1. The molecule has 9 heteroatoms. The molecule has 0 radical (unpaired) electrons. The largest absolute Gasteiger partial charge is 0.507 e. The summed E-state index contributed by atoms with van der Waals surface area (Å²) in [7, 11) is 0. The van der Waals surface area contributed by atoms with E-state index < -0.39 is 34.2 Å². The summed E-state index contributed by atoms with van der Waals surface area (Å²) in [5.41, 5.74) is 0.866. The Morgan fingerprint density at radius 1 is 1.09 bits per heavy atom. The number of carbonyl (C=O) groups excluding carboxylic acids is 2. The first-order valence-electron chi connectivity index (χ1n) is 9.54. The molecule has 2 heterocycles. The van der Waals surface area contributed by atoms with Gasteiger partial charge in [-0.15, -0.1) is 0 Å². The fourth-order valence-corrected chi connectivity index (χ4v) is 3.62. The first-order chi connectivity index (χ1) is 15.4. The molecule has 1 unspecified atom stereocenters. The number of likely N-dealkylation sites (tertiary alicyclic amines) is 1. The molecule has 1 fully saturated rings. The van der Waals surface area contributed by atoms with Gasteiger partial charge in [0.1, 0.15) is 11.6 Å². The van der Waals surface area contributed by atoms with Gasteiger partial charge in [0.2, 0.25) is 0 Å². The number of nitro groups is 1. The molecule has 1 aliphatic rings. The van der Waals surface area contributed by atoms with E-state index in [0.717, 1.165) is 0 Å². The molecule has 1 aromatic heterocycles. The second-order valence-electron chi connectivity index (χ2n) is 7.14. The lowest BCUT2D eigenvalue weighted by Crippen LogP contribution is -2.29. The van der Waals surface area contributed by atoms with E-state index in [2.05, 4.69) is 4.98 Å². The summed E-state index contributed by atoms with van der Waals surface area (Å²) >= 11 is 0. The van der Waals surface area contributed by atoms with Crippen molar-refractivity contribution < 1.29 is 24.0 Å². The van der Waals surface area contributed by atoms with Crippen LogP contribution in [-0.4, -0.2) is 31.6 Å². The molecule has 1 amide bonds. The number of carbonyl (C=O) groups is 2. The van der Waals surface area contributed by atoms with Crippen molar-refractivity contribution in [1.82, 2.24) is 9.88 Å². The number of amides is 1. The molecule has 0 saturated carbocycles. The van der Waals surface area contributed by atoms with Gasteiger partial charge < -0.3 is 10.0 Å². The van der Waals surface area contributed by atoms with E-state index in [1.165, 1.54) is 53.4 Å². The van der Waals surface area contributed by atoms with Crippen LogP contribution in [0, 0.1) is 15.9 Å². The first-order valence-corrected chi connectivity index (χ1v) is 9.54. The number of Topliss-reactive ketones (excluding diaryl/α,β-unsaturated/α-hetero) is 1. The minimum absolute atomic E-state index is 0.0392. The molecule has 2 aromatic carbocycles. The van der Waals surface area contributed by atoms with Crippen LogP contribution < -0.4 is 0 Å². The van der Waals surface area contributed by atoms with Gasteiger partial charge >= 0.3 is 0 Å². The van der Waals surface area contributed by atoms with Crippen molar-refractivity contribution in [3.05, 3.63) is 111 Å². The van der Waals surface area contributed by atoms with Gasteiger partial charge in [0.05, 0.1) is 16.5 Å². The molecular weight excluding hydrogens is 417 g/mol. The number of halogens is 1. The van der Waals surface area contributed by atoms with Gasteiger partial charge in [0.25, 0.3) is 17.4 Å². The quantitative estimate of drug-likeness (QED) is 0.216. The number of nitrogens with zero attached hydrogens (tertiary/aromatic N) is 3. The van der Waals surface area contributed by atoms with Crippen molar-refractivity contribution in [1.29, 1.82) is 0 Å². The molecule has 4 rings (SSSR count). The minimum atomic E-state index is -0.981. The van der Waals surface area contributed by atoms with E-state index in [1.807, 2.05) is 0 Å². The molecular formula is C23H16FN3O5. The molecule has 32 heavy (non-hydrogen) atoms. The van der Waals surface area contributed by atoms with Crippen molar-refractivity contribution in [2.75, 3.05) is 0 Å². The summed E-state index contributed by atoms with van der Waals surface area (Å²) < 4.78 is 13.5. The maximum absolute atomic E-state index is 13.5. The summed E-state index contributed by atoms with van der Waals surface area (Å²) in [4.78, 5) is 41.4. The third-order valence-corrected chi connectivity index (χ3v) is 5.15. The molecule has 1 atom stereocenters. The van der Waals surface area contributed by atoms with Crippen LogP contribution in [0.15, 0.2) is 78.6 Å². The Balaban J connectivity index is 1.84. The Morgan fingerprint density at radius 2 is 1.78 bits per heavy atom. The first kappa shape index (κ1) is 20.9. The van der Waals surface area contributed by atoms with Gasteiger partial charge in [-0.25, -0.2) is 4.39 Å². The van der Waals surface area contributed by atoms with E-state index in [1.54, 1.807) is 24.5 Å². The zero-order chi connectivity index (χ0) is 22.8. The summed E-state index contributed by atoms with van der Waals surface area (Å²) in [5.74, 6) is -2.69. The second kappa shape index (κ2) is 8.38. The van der Waals surface area contributed by atoms with Crippen molar-refractivity contribution in [2.24, 2.45) is 0 Å². The van der Waals surface area contributed by atoms with E-state index in [-0.39, 0.29) is 23.4 Å². The Hall–Kier alpha value is -4.40. The molecule has 0 spiro atoms. The number of ketones is 1. The summed E-state index contributed by atoms with van der Waals surface area (Å²) in [5, 5.41) is 21.8. The van der Waals surface area contributed by atoms with Crippen molar-refractivity contribution >= 4 is 23.1 Å². The van der Waals surface area contributed by atoms with Crippen LogP contribution in [0.3, 0.4) is 0 Å². The van der Waals surface area contributed by atoms with Gasteiger partial charge in [-0.2, -0.15) is 0 Å². The molecule has 0 bridgehead atoms. The van der Waals surface area contributed by atoms with Crippen LogP contribution in [0.1, 0.15) is 22.7 Å². The second-order valence-corrected chi connectivity index (χ2v) is 7.14. The zero-order valence-electron chi connectivity index (χ0n) is 16.5. The Morgan fingerprint density at radius 3 is 2.38 bits per heavy atom. The molecule has 1 aliphatic heterocycles. The van der Waals surface area contributed by atoms with Crippen LogP contribution in [-0.2, 0) is 16.1 Å². The monoisotopic (exact) mass is 433 g/mol. The van der Waals surface area contributed by atoms with Crippen molar-refractivity contribution in [3.8, 4) is 0 Å². The lowest BCUT2D eigenvalue weighted by molar-refractivity contribution is -0.384. The van der Waals surface area contributed by atoms with Crippen LogP contribution in [0.25, 0.3) is 5.76 Å². The summed E-state index contributed by atoms with van der Waals surface area (Å²) in [6.45, 7) is 0.0392. The Kier molecular flexibility index (Phi) is 5.46. The van der Waals surface area contributed by atoms with E-state index in [0.29, 0.717) is 11.1 Å². The van der Waals surface area contributed by atoms with E-state index >= 15 is 0 Å². The lowest BCUT2D eigenvalue weighted by Gasteiger charge is -2.25. The summed E-state index contributed by atoms with van der Waals surface area (Å²) in [6.07, 6.45) is 3.13. The maximum Gasteiger partial charge on any atom is 0.295 e. The highest BCUT2D eigenvalue weighted by Crippen LogP contribution is 2.40. The highest BCUT2D eigenvalue weighted by Gasteiger charge is 2.46. The van der Waals surface area contributed by atoms with Crippen molar-refractivity contribution in [2.45, 2.75) is 12.6 Å². The molecule has 1 saturated heterocycles. The fraction of sp³-hybridized carbons (Fsp3) is 0.0870. The number of benzene rings is 2. The lowest BCUT2D eigenvalue weighted by atomic mass is 9.95. The third kappa shape index (κ3) is 3.83. The standard InChI is InChI=1S/C23H16FN3O5/c24-17-7-3-15(4-8-17)20-19(21(28)16-5-9-18(10-6-16)27(31)32)22(29)23(30)26(20)13-14-2-1-11-25-12-14/h1-12,20,28H,13H2/b21-19-. The normalized spacial score (nSPS) is 17.5. The molecule has 1 N–H and O–H groups in total. The third-order valence-electron chi connectivity index (χ3n) is 5.15. The predicted molar refractivity (Wildman–Crippen MR) is 112 cm³/mol. The van der Waals surface area contributed by atoms with Crippen LogP contribution >= 0.6 is 0 Å². The van der Waals surface area contributed by atoms with Crippen LogP contribution in [0.4, 0.5) is 10.1 Å². The molecule has 0 aliphatic carbocycles. The smallest absolute Gasteiger partial charge is 0.295 e. The predicted octanol–water partition coefficient (Wildman–Crippen LogP) is 3.75. The highest BCUT2D eigenvalue weighted by atomic mass is 19.1. The maximum atomic E-state index is 13.5. The van der Waals surface area contributed by atoms with Crippen LogP contribution in [0.5, 0.6) is 0 Å². The number of aromatic nitrogens is 1. The van der Waals surface area contributed by atoms with Gasteiger partial charge in [0, 0.05) is 36.6 Å². The van der Waals surface area contributed by atoms with Crippen molar-refractivity contribution in [3.63, 3.8) is 0 Å². The van der Waals surface area contributed by atoms with E-state index in [4.69, 9.17) is 0 Å². The number of aliphatic hydroxyl groups is 1. The fourth-order valence-electron chi connectivity index (χ4n) is 3.62. The zero-order valence-corrected chi connectivity index (χ0v) is 16.5. The van der Waals surface area contributed by atoms with E-state index in [9.17, 15) is 29.2 Å². The highest BCUT2D eigenvalue weighted by molar-refractivity contribution is 6.46. The van der Waals surface area contributed by atoms with Gasteiger partial charge in [-0.05, 0) is 41.5 Å². The number of non-ortho nitro benzene ring substituents is 1. The molecule has 3 aromatic rings. The Bertz CT molecular complexity index is 1220. The number of hydrogen-bond acceptors (Lipinski definition) is 6. The minimum Gasteiger partial charge on any atom is -0.507 e. The number of aliphatic hydroxyl groups excluding tert-OH is 1. The van der Waals surface area contributed by atoms with Gasteiger partial charge in [-0.1, -0.05) is 18.2 Å². The van der Waals surface area contributed by atoms with Gasteiger partial charge in [0.15, 0.2) is 0 Å². The average Bonchev–Trinajstić information content (AvgIpc) is 3.05. The Labute approximate surface area is 181 Å². The summed E-state index contributed by atoms with van der Waals surface area (Å²) in [6, 6.07) is 12.7. The molecule has 8 nitrogen and oxygen atoms in total. The average molecular weight is 433 g/mol.